The zero-order valence-corrected chi connectivity index (χ0v) is 19.6. The minimum atomic E-state index is -3.59. The highest BCUT2D eigenvalue weighted by molar-refractivity contribution is 7.99. The summed E-state index contributed by atoms with van der Waals surface area (Å²) in [6.45, 7) is 8.15. The molecule has 2 aromatic carbocycles. The second-order valence-corrected chi connectivity index (χ2v) is 11.5. The van der Waals surface area contributed by atoms with Crippen LogP contribution in [0.25, 0.3) is 0 Å². The van der Waals surface area contributed by atoms with Gasteiger partial charge in [0.15, 0.2) is 6.10 Å². The van der Waals surface area contributed by atoms with Gasteiger partial charge in [0.05, 0.1) is 24.2 Å². The molecular formula is C22H28N2O4S2. The molecule has 2 aromatic rings. The fourth-order valence-corrected chi connectivity index (χ4v) is 4.90. The number of ether oxygens (including phenoxy) is 1. The lowest BCUT2D eigenvalue weighted by Gasteiger charge is -2.35. The number of fused-ring (bicyclic) bond motifs is 1. The Balaban J connectivity index is 1.92. The lowest BCUT2D eigenvalue weighted by atomic mass is 9.86. The van der Waals surface area contributed by atoms with Gasteiger partial charge in [-0.2, -0.15) is 0 Å². The van der Waals surface area contributed by atoms with E-state index in [1.54, 1.807) is 17.8 Å². The van der Waals surface area contributed by atoms with Gasteiger partial charge in [0.1, 0.15) is 5.75 Å². The van der Waals surface area contributed by atoms with Gasteiger partial charge in [-0.3, -0.25) is 9.10 Å². The first-order valence-electron chi connectivity index (χ1n) is 9.82. The average molecular weight is 449 g/mol. The molecule has 1 unspecified atom stereocenters. The second-order valence-electron chi connectivity index (χ2n) is 8.25. The molecule has 6 nitrogen and oxygen atoms in total. The van der Waals surface area contributed by atoms with E-state index in [0.29, 0.717) is 17.1 Å². The van der Waals surface area contributed by atoms with Crippen LogP contribution in [0.15, 0.2) is 47.4 Å². The van der Waals surface area contributed by atoms with Gasteiger partial charge in [0.2, 0.25) is 10.0 Å². The molecule has 0 spiro atoms. The summed E-state index contributed by atoms with van der Waals surface area (Å²) in [5.74, 6) is 0.882. The zero-order valence-electron chi connectivity index (χ0n) is 17.9. The standard InChI is InChI=1S/C22H28N2O4S2/c1-6-29-20-10-8-7-9-16(20)23-21(25)19-14-24(30(5,26)27)17-13-15(22(2,3)4)11-12-18(17)28-19/h7-13,19H,6,14H2,1-5H3,(H,23,25). The Hall–Kier alpha value is -2.19. The highest BCUT2D eigenvalue weighted by atomic mass is 32.2. The van der Waals surface area contributed by atoms with Crippen LogP contribution in [0, 0.1) is 0 Å². The predicted octanol–water partition coefficient (Wildman–Crippen LogP) is 4.26. The molecule has 0 aliphatic carbocycles. The Morgan fingerprint density at radius 2 is 1.93 bits per heavy atom. The molecule has 8 heteroatoms. The molecular weight excluding hydrogens is 420 g/mol. The van der Waals surface area contributed by atoms with E-state index >= 15 is 0 Å². The largest absolute Gasteiger partial charge is 0.476 e. The molecule has 0 radical (unpaired) electrons. The molecule has 1 amide bonds. The summed E-state index contributed by atoms with van der Waals surface area (Å²) >= 11 is 1.63. The molecule has 1 aliphatic heterocycles. The number of carbonyl (C=O) groups excluding carboxylic acids is 1. The van der Waals surface area contributed by atoms with E-state index in [-0.39, 0.29) is 17.9 Å². The Morgan fingerprint density at radius 1 is 1.23 bits per heavy atom. The van der Waals surface area contributed by atoms with Gasteiger partial charge in [-0.1, -0.05) is 45.9 Å². The maximum atomic E-state index is 13.0. The number of hydrogen-bond acceptors (Lipinski definition) is 5. The van der Waals surface area contributed by atoms with Gasteiger partial charge < -0.3 is 10.1 Å². The van der Waals surface area contributed by atoms with E-state index < -0.39 is 16.1 Å². The van der Waals surface area contributed by atoms with Gasteiger partial charge in [-0.05, 0) is 41.0 Å². The van der Waals surface area contributed by atoms with Gasteiger partial charge in [0, 0.05) is 4.90 Å². The number of nitrogens with one attached hydrogen (secondary N) is 1. The summed E-state index contributed by atoms with van der Waals surface area (Å²) in [7, 11) is -3.59. The van der Waals surface area contributed by atoms with Crippen molar-refractivity contribution in [2.45, 2.75) is 44.1 Å². The van der Waals surface area contributed by atoms with Crippen molar-refractivity contribution in [1.82, 2.24) is 0 Å². The van der Waals surface area contributed by atoms with E-state index in [1.807, 2.05) is 43.3 Å². The molecule has 162 valence electrons. The minimum Gasteiger partial charge on any atom is -0.476 e. The highest BCUT2D eigenvalue weighted by Crippen LogP contribution is 2.39. The number of thioether (sulfide) groups is 1. The van der Waals surface area contributed by atoms with Gasteiger partial charge in [-0.15, -0.1) is 11.8 Å². The maximum Gasteiger partial charge on any atom is 0.267 e. The monoisotopic (exact) mass is 448 g/mol. The van der Waals surface area contributed by atoms with Crippen molar-refractivity contribution in [1.29, 1.82) is 0 Å². The van der Waals surface area contributed by atoms with Crippen molar-refractivity contribution in [3.63, 3.8) is 0 Å². The molecule has 3 rings (SSSR count). The summed E-state index contributed by atoms with van der Waals surface area (Å²) in [4.78, 5) is 13.9. The van der Waals surface area contributed by atoms with E-state index in [4.69, 9.17) is 4.74 Å². The van der Waals surface area contributed by atoms with Crippen LogP contribution < -0.4 is 14.4 Å². The zero-order chi connectivity index (χ0) is 22.1. The Morgan fingerprint density at radius 3 is 2.57 bits per heavy atom. The van der Waals surface area contributed by atoms with E-state index in [1.165, 1.54) is 4.31 Å². The first-order chi connectivity index (χ1) is 14.0. The lowest BCUT2D eigenvalue weighted by Crippen LogP contribution is -2.48. The first-order valence-corrected chi connectivity index (χ1v) is 12.7. The fraction of sp³-hybridized carbons (Fsp3) is 0.409. The van der Waals surface area contributed by atoms with Gasteiger partial charge >= 0.3 is 0 Å². The topological polar surface area (TPSA) is 75.7 Å². The first kappa shape index (κ1) is 22.5. The van der Waals surface area contributed by atoms with Crippen molar-refractivity contribution in [2.75, 3.05) is 28.2 Å². The van der Waals surface area contributed by atoms with Crippen LogP contribution in [0.5, 0.6) is 5.75 Å². The van der Waals surface area contributed by atoms with E-state index in [9.17, 15) is 13.2 Å². The van der Waals surface area contributed by atoms with Crippen LogP contribution in [0.4, 0.5) is 11.4 Å². The molecule has 0 saturated carbocycles. The van der Waals surface area contributed by atoms with Crippen molar-refractivity contribution in [3.8, 4) is 5.75 Å². The predicted molar refractivity (Wildman–Crippen MR) is 123 cm³/mol. The second kappa shape index (κ2) is 8.51. The lowest BCUT2D eigenvalue weighted by molar-refractivity contribution is -0.122. The number of rotatable bonds is 5. The third-order valence-electron chi connectivity index (χ3n) is 4.83. The number of sulfonamides is 1. The molecule has 1 N–H and O–H groups in total. The molecule has 1 heterocycles. The number of hydrogen-bond donors (Lipinski definition) is 1. The highest BCUT2D eigenvalue weighted by Gasteiger charge is 2.36. The quantitative estimate of drug-likeness (QED) is 0.692. The molecule has 0 fully saturated rings. The Kier molecular flexibility index (Phi) is 6.38. The summed E-state index contributed by atoms with van der Waals surface area (Å²) in [6.07, 6.45) is 0.195. The number of nitrogens with zero attached hydrogens (tertiary/aromatic N) is 1. The van der Waals surface area contributed by atoms with Gasteiger partial charge in [0.25, 0.3) is 5.91 Å². The molecule has 1 atom stereocenters. The number of para-hydroxylation sites is 1. The maximum absolute atomic E-state index is 13.0. The summed E-state index contributed by atoms with van der Waals surface area (Å²) in [6, 6.07) is 13.0. The average Bonchev–Trinajstić information content (AvgIpc) is 2.67. The van der Waals surface area contributed by atoms with Crippen LogP contribution in [0.2, 0.25) is 0 Å². The molecule has 0 bridgehead atoms. The normalized spacial score (nSPS) is 16.6. The smallest absolute Gasteiger partial charge is 0.267 e. The minimum absolute atomic E-state index is 0.0750. The summed E-state index contributed by atoms with van der Waals surface area (Å²) < 4.78 is 32.2. The summed E-state index contributed by atoms with van der Waals surface area (Å²) in [5.41, 5.74) is 2.01. The van der Waals surface area contributed by atoms with Crippen molar-refractivity contribution in [3.05, 3.63) is 48.0 Å². The van der Waals surface area contributed by atoms with Crippen LogP contribution >= 0.6 is 11.8 Å². The van der Waals surface area contributed by atoms with Gasteiger partial charge in [-0.25, -0.2) is 8.42 Å². The molecule has 0 aromatic heterocycles. The summed E-state index contributed by atoms with van der Waals surface area (Å²) in [5, 5.41) is 2.90. The van der Waals surface area contributed by atoms with E-state index in [0.717, 1.165) is 22.5 Å². The van der Waals surface area contributed by atoms with E-state index in [2.05, 4.69) is 26.1 Å². The molecule has 0 saturated heterocycles. The number of anilines is 2. The SMILES string of the molecule is CCSc1ccccc1NC(=O)C1CN(S(C)(=O)=O)c2cc(C(C)(C)C)ccc2O1. The third-order valence-corrected chi connectivity index (χ3v) is 6.93. The van der Waals surface area contributed by atoms with Crippen molar-refractivity contribution >= 4 is 39.1 Å². The van der Waals surface area contributed by atoms with Crippen molar-refractivity contribution < 1.29 is 17.9 Å². The number of benzene rings is 2. The molecule has 30 heavy (non-hydrogen) atoms. The van der Waals surface area contributed by atoms with Crippen LogP contribution in [-0.4, -0.2) is 39.0 Å². The van der Waals surface area contributed by atoms with Crippen LogP contribution in [-0.2, 0) is 20.2 Å². The fourth-order valence-electron chi connectivity index (χ4n) is 3.23. The number of amides is 1. The molecule has 1 aliphatic rings. The van der Waals surface area contributed by atoms with Crippen molar-refractivity contribution in [2.24, 2.45) is 0 Å². The van der Waals surface area contributed by atoms with Crippen LogP contribution in [0.1, 0.15) is 33.3 Å². The Bertz CT molecular complexity index is 1050. The number of carbonyl (C=O) groups is 1. The third kappa shape index (κ3) is 4.92. The van der Waals surface area contributed by atoms with Crippen LogP contribution in [0.3, 0.4) is 0 Å². The Labute approximate surface area is 183 Å².